The number of aliphatic carboxylic acids is 1. The molecular formula is C22H34O6. The Kier molecular flexibility index (Phi) is 12.4. The van der Waals surface area contributed by atoms with E-state index in [9.17, 15) is 20.1 Å². The number of allylic oxidation sites excluding steroid dienone is 4. The van der Waals surface area contributed by atoms with Crippen LogP contribution in [-0.4, -0.2) is 56.9 Å². The number of aliphatic hydroxyl groups excluding tert-OH is 3. The fourth-order valence-corrected chi connectivity index (χ4v) is 2.87. The van der Waals surface area contributed by atoms with Crippen LogP contribution in [0.3, 0.4) is 0 Å². The number of carbonyl (C=O) groups is 1. The zero-order chi connectivity index (χ0) is 20.8. The van der Waals surface area contributed by atoms with Crippen molar-refractivity contribution in [2.75, 3.05) is 0 Å². The molecule has 0 aromatic rings. The van der Waals surface area contributed by atoms with Gasteiger partial charge in [0.1, 0.15) is 0 Å². The summed E-state index contributed by atoms with van der Waals surface area (Å²) in [6, 6.07) is 0. The van der Waals surface area contributed by atoms with Crippen molar-refractivity contribution in [1.82, 2.24) is 0 Å². The highest BCUT2D eigenvalue weighted by molar-refractivity contribution is 5.66. The first-order valence-electron chi connectivity index (χ1n) is 9.98. The predicted molar refractivity (Wildman–Crippen MR) is 109 cm³/mol. The molecule has 0 unspecified atom stereocenters. The number of hydrogen-bond acceptors (Lipinski definition) is 5. The van der Waals surface area contributed by atoms with E-state index in [0.29, 0.717) is 32.1 Å². The van der Waals surface area contributed by atoms with E-state index < -0.39 is 30.4 Å². The third kappa shape index (κ3) is 10.6. The molecule has 0 aromatic carbocycles. The average molecular weight is 395 g/mol. The van der Waals surface area contributed by atoms with Crippen LogP contribution in [0.15, 0.2) is 48.6 Å². The van der Waals surface area contributed by atoms with Gasteiger partial charge in [-0.25, -0.2) is 0 Å². The average Bonchev–Trinajstić information content (AvgIpc) is 3.02. The SMILES string of the molecule is CC/C=C\C[C@@H](O)/C=C/[C@H](O)[C@@H]1C[C@@H](O)[C@H](C/C=C\C/C=C\CCC(=O)O)O1. The molecule has 5 atom stereocenters. The van der Waals surface area contributed by atoms with Crippen LogP contribution < -0.4 is 0 Å². The van der Waals surface area contributed by atoms with E-state index in [4.69, 9.17) is 9.84 Å². The van der Waals surface area contributed by atoms with Gasteiger partial charge in [-0.15, -0.1) is 0 Å². The molecule has 6 heteroatoms. The van der Waals surface area contributed by atoms with E-state index in [1.165, 1.54) is 6.08 Å². The lowest BCUT2D eigenvalue weighted by molar-refractivity contribution is -0.136. The van der Waals surface area contributed by atoms with Crippen molar-refractivity contribution in [3.8, 4) is 0 Å². The van der Waals surface area contributed by atoms with Gasteiger partial charge in [0.2, 0.25) is 0 Å². The van der Waals surface area contributed by atoms with Gasteiger partial charge in [0.25, 0.3) is 0 Å². The summed E-state index contributed by atoms with van der Waals surface area (Å²) in [6.07, 6.45) is 15.2. The largest absolute Gasteiger partial charge is 0.481 e. The molecule has 28 heavy (non-hydrogen) atoms. The minimum atomic E-state index is -0.870. The second-order valence-corrected chi connectivity index (χ2v) is 6.92. The van der Waals surface area contributed by atoms with Crippen molar-refractivity contribution in [2.24, 2.45) is 0 Å². The number of ether oxygens (including phenoxy) is 1. The molecule has 1 heterocycles. The minimum absolute atomic E-state index is 0.132. The lowest BCUT2D eigenvalue weighted by Gasteiger charge is -2.16. The molecule has 0 amide bonds. The molecule has 0 aromatic heterocycles. The van der Waals surface area contributed by atoms with Crippen molar-refractivity contribution in [2.45, 2.75) is 82.4 Å². The highest BCUT2D eigenvalue weighted by Crippen LogP contribution is 2.26. The normalized spacial score (nSPS) is 25.5. The van der Waals surface area contributed by atoms with Gasteiger partial charge in [0, 0.05) is 12.8 Å². The number of aliphatic hydroxyl groups is 3. The Hall–Kier alpha value is -1.73. The molecule has 1 rings (SSSR count). The van der Waals surface area contributed by atoms with Gasteiger partial charge < -0.3 is 25.2 Å². The maximum atomic E-state index is 10.4. The molecular weight excluding hydrogens is 360 g/mol. The van der Waals surface area contributed by atoms with Crippen LogP contribution in [0, 0.1) is 0 Å². The molecule has 6 nitrogen and oxygen atoms in total. The second-order valence-electron chi connectivity index (χ2n) is 6.92. The summed E-state index contributed by atoms with van der Waals surface area (Å²) in [5, 5.41) is 38.7. The Morgan fingerprint density at radius 2 is 1.86 bits per heavy atom. The first-order valence-corrected chi connectivity index (χ1v) is 9.98. The van der Waals surface area contributed by atoms with E-state index in [0.717, 1.165) is 6.42 Å². The van der Waals surface area contributed by atoms with Crippen molar-refractivity contribution in [1.29, 1.82) is 0 Å². The fourth-order valence-electron chi connectivity index (χ4n) is 2.87. The van der Waals surface area contributed by atoms with E-state index in [1.54, 1.807) is 6.08 Å². The fraction of sp³-hybridized carbons (Fsp3) is 0.591. The Morgan fingerprint density at radius 3 is 2.57 bits per heavy atom. The number of hydrogen-bond donors (Lipinski definition) is 4. The lowest BCUT2D eigenvalue weighted by atomic mass is 10.0. The Balaban J connectivity index is 2.32. The van der Waals surface area contributed by atoms with E-state index in [2.05, 4.69) is 0 Å². The van der Waals surface area contributed by atoms with Gasteiger partial charge in [-0.1, -0.05) is 55.5 Å². The molecule has 0 spiro atoms. The van der Waals surface area contributed by atoms with E-state index >= 15 is 0 Å². The van der Waals surface area contributed by atoms with Crippen LogP contribution >= 0.6 is 0 Å². The number of rotatable bonds is 13. The Labute approximate surface area is 167 Å². The van der Waals surface area contributed by atoms with Crippen molar-refractivity contribution in [3.05, 3.63) is 48.6 Å². The number of carboxylic acids is 1. The summed E-state index contributed by atoms with van der Waals surface area (Å²) in [5.74, 6) is -0.804. The highest BCUT2D eigenvalue weighted by Gasteiger charge is 2.36. The van der Waals surface area contributed by atoms with Crippen LogP contribution in [0.25, 0.3) is 0 Å². The third-order valence-electron chi connectivity index (χ3n) is 4.44. The first kappa shape index (κ1) is 24.3. The lowest BCUT2D eigenvalue weighted by Crippen LogP contribution is -2.24. The van der Waals surface area contributed by atoms with Crippen molar-refractivity contribution in [3.63, 3.8) is 0 Å². The first-order chi connectivity index (χ1) is 13.4. The molecule has 4 N–H and O–H groups in total. The quantitative estimate of drug-likeness (QED) is 0.358. The van der Waals surface area contributed by atoms with Crippen molar-refractivity contribution < 1.29 is 30.0 Å². The smallest absolute Gasteiger partial charge is 0.303 e. The van der Waals surface area contributed by atoms with Crippen molar-refractivity contribution >= 4 is 5.97 Å². The van der Waals surface area contributed by atoms with Crippen LogP contribution in [0.2, 0.25) is 0 Å². The van der Waals surface area contributed by atoms with Gasteiger partial charge in [0.15, 0.2) is 0 Å². The summed E-state index contributed by atoms with van der Waals surface area (Å²) in [6.45, 7) is 2.02. The zero-order valence-corrected chi connectivity index (χ0v) is 16.6. The summed E-state index contributed by atoms with van der Waals surface area (Å²) in [5.41, 5.74) is 0. The molecule has 1 aliphatic heterocycles. The zero-order valence-electron chi connectivity index (χ0n) is 16.6. The predicted octanol–water partition coefficient (Wildman–Crippen LogP) is 2.90. The highest BCUT2D eigenvalue weighted by atomic mass is 16.5. The third-order valence-corrected chi connectivity index (χ3v) is 4.44. The monoisotopic (exact) mass is 394 g/mol. The van der Waals surface area contributed by atoms with Gasteiger partial charge in [-0.3, -0.25) is 4.79 Å². The second kappa shape index (κ2) is 14.3. The molecule has 1 aliphatic rings. The molecule has 158 valence electrons. The maximum Gasteiger partial charge on any atom is 0.303 e. The molecule has 1 fully saturated rings. The van der Waals surface area contributed by atoms with Gasteiger partial charge in [-0.05, 0) is 32.1 Å². The molecule has 0 saturated carbocycles. The minimum Gasteiger partial charge on any atom is -0.481 e. The van der Waals surface area contributed by atoms with Gasteiger partial charge >= 0.3 is 5.97 Å². The number of carboxylic acid groups (broad SMARTS) is 1. The van der Waals surface area contributed by atoms with E-state index in [-0.39, 0.29) is 12.5 Å². The van der Waals surface area contributed by atoms with E-state index in [1.807, 2.05) is 43.4 Å². The van der Waals surface area contributed by atoms with Gasteiger partial charge in [0.05, 0.1) is 30.5 Å². The van der Waals surface area contributed by atoms with Crippen LogP contribution in [0.1, 0.15) is 51.9 Å². The Morgan fingerprint density at radius 1 is 1.11 bits per heavy atom. The maximum absolute atomic E-state index is 10.4. The summed E-state index contributed by atoms with van der Waals surface area (Å²) in [4.78, 5) is 10.4. The van der Waals surface area contributed by atoms with Crippen LogP contribution in [-0.2, 0) is 9.53 Å². The summed E-state index contributed by atoms with van der Waals surface area (Å²) in [7, 11) is 0. The Bertz CT molecular complexity index is 551. The van der Waals surface area contributed by atoms with Crippen LogP contribution in [0.4, 0.5) is 0 Å². The molecule has 1 saturated heterocycles. The molecule has 0 aliphatic carbocycles. The summed E-state index contributed by atoms with van der Waals surface area (Å²) >= 11 is 0. The van der Waals surface area contributed by atoms with Crippen LogP contribution in [0.5, 0.6) is 0 Å². The summed E-state index contributed by atoms with van der Waals surface area (Å²) < 4.78 is 5.76. The van der Waals surface area contributed by atoms with Gasteiger partial charge in [-0.2, -0.15) is 0 Å². The topological polar surface area (TPSA) is 107 Å². The molecule has 0 radical (unpaired) electrons. The standard InChI is InChI=1S/C22H34O6/c1-2-3-8-11-17(23)14-15-18(24)21-16-19(25)20(28-21)12-9-6-4-5-7-10-13-22(26)27/h3,5-9,14-15,17-21,23-25H,2,4,10-13,16H2,1H3,(H,26,27)/b7-5-,8-3-,9-6-,15-14+/t17-,18+,19-,20+,21+/m1/s1. The molecule has 0 bridgehead atoms.